The van der Waals surface area contributed by atoms with E-state index < -0.39 is 24.6 Å². The van der Waals surface area contributed by atoms with Crippen LogP contribution in [0.2, 0.25) is 0 Å². The summed E-state index contributed by atoms with van der Waals surface area (Å²) in [5.74, 6) is -1.37. The van der Waals surface area contributed by atoms with Crippen molar-refractivity contribution in [1.29, 1.82) is 0 Å². The number of fused-ring (bicyclic) bond motifs is 5. The van der Waals surface area contributed by atoms with Gasteiger partial charge in [0.05, 0.1) is 35.6 Å². The molecule has 0 amide bonds. The average Bonchev–Trinajstić information content (AvgIpc) is 3.12. The smallest absolute Gasteiger partial charge is 0.352 e. The van der Waals surface area contributed by atoms with Gasteiger partial charge in [-0.05, 0) is 36.2 Å². The van der Waals surface area contributed by atoms with E-state index in [1.807, 2.05) is 6.92 Å². The first-order chi connectivity index (χ1) is 14.9. The molecule has 9 heteroatoms. The highest BCUT2D eigenvalue weighted by molar-refractivity contribution is 5.89. The van der Waals surface area contributed by atoms with Gasteiger partial charge < -0.3 is 24.9 Å². The van der Waals surface area contributed by atoms with Gasteiger partial charge in [-0.3, -0.25) is 9.59 Å². The summed E-state index contributed by atoms with van der Waals surface area (Å²) in [6.45, 7) is 1.74. The highest BCUT2D eigenvalue weighted by Gasteiger charge is 2.37. The van der Waals surface area contributed by atoms with Crippen molar-refractivity contribution in [3.63, 3.8) is 0 Å². The predicted molar refractivity (Wildman–Crippen MR) is 109 cm³/mol. The Labute approximate surface area is 176 Å². The second kappa shape index (κ2) is 6.92. The van der Waals surface area contributed by atoms with E-state index in [1.165, 1.54) is 0 Å². The van der Waals surface area contributed by atoms with Gasteiger partial charge in [0.1, 0.15) is 12.4 Å². The number of hydrogen-bond donors (Lipinski definition) is 2. The van der Waals surface area contributed by atoms with Crippen molar-refractivity contribution in [2.45, 2.75) is 32.6 Å². The summed E-state index contributed by atoms with van der Waals surface area (Å²) in [6.07, 6.45) is -0.656. The van der Waals surface area contributed by atoms with E-state index >= 15 is 0 Å². The van der Waals surface area contributed by atoms with Crippen molar-refractivity contribution in [3.8, 4) is 17.1 Å². The Morgan fingerprint density at radius 2 is 2.13 bits per heavy atom. The lowest BCUT2D eigenvalue weighted by Crippen LogP contribution is -2.35. The number of phenolic OH excluding ortho intramolecular Hbond substituents is 1. The minimum absolute atomic E-state index is 0.146. The Bertz CT molecular complexity index is 1340. The molecule has 0 saturated heterocycles. The number of ether oxygens (including phenoxy) is 2. The Balaban J connectivity index is 1.75. The molecule has 2 aliphatic heterocycles. The Hall–Kier alpha value is -3.72. The third kappa shape index (κ3) is 2.81. The zero-order chi connectivity index (χ0) is 21.9. The monoisotopic (exact) mass is 421 g/mol. The zero-order valence-electron chi connectivity index (χ0n) is 16.7. The summed E-state index contributed by atoms with van der Waals surface area (Å²) in [4.78, 5) is 42.0. The molecule has 0 saturated carbocycles. The van der Waals surface area contributed by atoms with Crippen molar-refractivity contribution in [2.75, 3.05) is 6.54 Å². The number of cyclic esters (lactones) is 1. The number of phenols is 1. The van der Waals surface area contributed by atoms with E-state index in [0.29, 0.717) is 35.4 Å². The molecule has 5 rings (SSSR count). The minimum Gasteiger partial charge on any atom is -0.508 e. The number of aromatic hydroxyl groups is 1. The lowest BCUT2D eigenvalue weighted by Gasteiger charge is -2.24. The minimum atomic E-state index is -1.34. The van der Waals surface area contributed by atoms with Crippen LogP contribution < -0.4 is 11.3 Å². The third-order valence-electron chi connectivity index (χ3n) is 5.81. The van der Waals surface area contributed by atoms with Gasteiger partial charge in [-0.1, -0.05) is 6.92 Å². The average molecular weight is 421 g/mol. The third-order valence-corrected chi connectivity index (χ3v) is 5.81. The van der Waals surface area contributed by atoms with Gasteiger partial charge in [-0.2, -0.15) is 0 Å². The van der Waals surface area contributed by atoms with Crippen LogP contribution in [0.4, 0.5) is 0 Å². The fraction of sp³-hybridized carbons (Fsp3) is 0.273. The second-order valence-electron chi connectivity index (χ2n) is 7.51. The van der Waals surface area contributed by atoms with Crippen LogP contribution in [0.1, 0.15) is 35.3 Å². The molecule has 158 valence electrons. The molecule has 2 aromatic heterocycles. The maximum absolute atomic E-state index is 13.3. The Morgan fingerprint density at radius 1 is 1.32 bits per heavy atom. The maximum Gasteiger partial charge on any atom is 0.352 e. The van der Waals surface area contributed by atoms with Gasteiger partial charge in [0, 0.05) is 16.5 Å². The van der Waals surface area contributed by atoms with Crippen LogP contribution in [0.15, 0.2) is 29.1 Å². The summed E-state index contributed by atoms with van der Waals surface area (Å²) in [5.41, 5.74) is 9.33. The van der Waals surface area contributed by atoms with Gasteiger partial charge in [0.2, 0.25) is 6.10 Å². The molecule has 4 heterocycles. The zero-order valence-corrected chi connectivity index (χ0v) is 16.7. The molecule has 3 N–H and O–H groups in total. The predicted octanol–water partition coefficient (Wildman–Crippen LogP) is 1.29. The molecule has 1 aromatic carbocycles. The summed E-state index contributed by atoms with van der Waals surface area (Å²) >= 11 is 0. The largest absolute Gasteiger partial charge is 0.508 e. The fourth-order valence-electron chi connectivity index (χ4n) is 4.38. The number of aromatic nitrogens is 2. The van der Waals surface area contributed by atoms with Crippen molar-refractivity contribution >= 4 is 22.8 Å². The SMILES string of the molecule is CCc1c2c(nc3ccc(O)cc13)-c1cc3c(c(=O)n1C2)COC(=O)[C@H]3OC(=O)CN. The number of rotatable bonds is 3. The topological polar surface area (TPSA) is 134 Å². The molecule has 3 aromatic rings. The summed E-state index contributed by atoms with van der Waals surface area (Å²) in [7, 11) is 0. The number of benzene rings is 1. The van der Waals surface area contributed by atoms with Crippen LogP contribution in [0.3, 0.4) is 0 Å². The lowest BCUT2D eigenvalue weighted by atomic mass is 9.97. The van der Waals surface area contributed by atoms with E-state index in [9.17, 15) is 19.5 Å². The molecule has 2 aliphatic rings. The van der Waals surface area contributed by atoms with E-state index in [2.05, 4.69) is 0 Å². The van der Waals surface area contributed by atoms with Crippen LogP contribution in [0.25, 0.3) is 22.3 Å². The standard InChI is InChI=1S/C22H19N3O6/c1-2-11-12-5-10(26)3-4-16(12)24-19-14(11)8-25-17(19)6-13-15(21(25)28)9-30-22(29)20(13)31-18(27)7-23/h3-6,20,26H,2,7-9,23H2,1H3/t20-/m0/s1. The van der Waals surface area contributed by atoms with E-state index in [4.69, 9.17) is 20.2 Å². The van der Waals surface area contributed by atoms with Gasteiger partial charge in [0.15, 0.2) is 0 Å². The number of carbonyl (C=O) groups excluding carboxylic acids is 2. The number of hydrogen-bond acceptors (Lipinski definition) is 8. The normalized spacial score (nSPS) is 16.5. The Kier molecular flexibility index (Phi) is 4.30. The first kappa shape index (κ1) is 19.3. The highest BCUT2D eigenvalue weighted by atomic mass is 16.6. The van der Waals surface area contributed by atoms with Crippen LogP contribution in [-0.4, -0.2) is 33.1 Å². The van der Waals surface area contributed by atoms with Gasteiger partial charge in [-0.15, -0.1) is 0 Å². The van der Waals surface area contributed by atoms with Crippen molar-refractivity contribution < 1.29 is 24.2 Å². The molecule has 0 radical (unpaired) electrons. The molecule has 0 aliphatic carbocycles. The van der Waals surface area contributed by atoms with Crippen molar-refractivity contribution in [1.82, 2.24) is 9.55 Å². The molecule has 0 spiro atoms. The number of pyridine rings is 2. The number of nitrogens with two attached hydrogens (primary N) is 1. The molecular weight excluding hydrogens is 402 g/mol. The number of esters is 2. The summed E-state index contributed by atoms with van der Waals surface area (Å²) in [6, 6.07) is 6.64. The molecular formula is C22H19N3O6. The van der Waals surface area contributed by atoms with Crippen LogP contribution in [-0.2, 0) is 38.6 Å². The van der Waals surface area contributed by atoms with Gasteiger partial charge in [0.25, 0.3) is 5.56 Å². The van der Waals surface area contributed by atoms with Gasteiger partial charge >= 0.3 is 11.9 Å². The lowest BCUT2D eigenvalue weighted by molar-refractivity contribution is -0.170. The van der Waals surface area contributed by atoms with E-state index in [-0.39, 0.29) is 23.5 Å². The first-order valence-electron chi connectivity index (χ1n) is 9.90. The van der Waals surface area contributed by atoms with Crippen LogP contribution in [0, 0.1) is 0 Å². The molecule has 0 fully saturated rings. The molecule has 9 nitrogen and oxygen atoms in total. The highest BCUT2D eigenvalue weighted by Crippen LogP contribution is 2.39. The molecule has 31 heavy (non-hydrogen) atoms. The number of nitrogens with zero attached hydrogens (tertiary/aromatic N) is 2. The number of aryl methyl sites for hydroxylation is 1. The molecule has 1 atom stereocenters. The molecule has 0 unspecified atom stereocenters. The fourth-order valence-corrected chi connectivity index (χ4v) is 4.38. The molecule has 0 bridgehead atoms. The van der Waals surface area contributed by atoms with Gasteiger partial charge in [-0.25, -0.2) is 9.78 Å². The first-order valence-corrected chi connectivity index (χ1v) is 9.90. The second-order valence-corrected chi connectivity index (χ2v) is 7.51. The van der Waals surface area contributed by atoms with E-state index in [1.54, 1.807) is 28.8 Å². The summed E-state index contributed by atoms with van der Waals surface area (Å²) in [5, 5.41) is 10.8. The number of carbonyl (C=O) groups is 2. The quantitative estimate of drug-likeness (QED) is 0.473. The van der Waals surface area contributed by atoms with E-state index in [0.717, 1.165) is 16.5 Å². The summed E-state index contributed by atoms with van der Waals surface area (Å²) < 4.78 is 11.9. The van der Waals surface area contributed by atoms with Crippen LogP contribution in [0.5, 0.6) is 5.75 Å². The van der Waals surface area contributed by atoms with Crippen molar-refractivity contribution in [3.05, 3.63) is 56.9 Å². The van der Waals surface area contributed by atoms with Crippen LogP contribution >= 0.6 is 0 Å². The Morgan fingerprint density at radius 3 is 2.87 bits per heavy atom. The van der Waals surface area contributed by atoms with Crippen molar-refractivity contribution in [2.24, 2.45) is 5.73 Å². The maximum atomic E-state index is 13.3.